The standard InChI is InChI=1S/C11H12BrClN2/c1-2-3-4-11(15-14)9-6-5-8(12)7-10(9)13/h5-7,11,15H,4,14H2,1H3. The fourth-order valence-corrected chi connectivity index (χ4v) is 2.05. The van der Waals surface area contributed by atoms with E-state index in [4.69, 9.17) is 17.4 Å². The van der Waals surface area contributed by atoms with Crippen molar-refractivity contribution < 1.29 is 0 Å². The summed E-state index contributed by atoms with van der Waals surface area (Å²) in [6, 6.07) is 5.69. The van der Waals surface area contributed by atoms with E-state index in [1.54, 1.807) is 6.92 Å². The normalized spacial score (nSPS) is 11.7. The van der Waals surface area contributed by atoms with E-state index in [0.29, 0.717) is 11.4 Å². The largest absolute Gasteiger partial charge is 0.271 e. The topological polar surface area (TPSA) is 38.0 Å². The fraction of sp³-hybridized carbons (Fsp3) is 0.273. The predicted octanol–water partition coefficient (Wildman–Crippen LogP) is 3.02. The van der Waals surface area contributed by atoms with Crippen molar-refractivity contribution in [3.8, 4) is 11.8 Å². The van der Waals surface area contributed by atoms with Crippen molar-refractivity contribution in [2.24, 2.45) is 5.84 Å². The number of benzene rings is 1. The van der Waals surface area contributed by atoms with Crippen LogP contribution in [0.5, 0.6) is 0 Å². The maximum atomic E-state index is 6.11. The number of hydrogen-bond donors (Lipinski definition) is 2. The van der Waals surface area contributed by atoms with Crippen molar-refractivity contribution in [1.82, 2.24) is 5.43 Å². The van der Waals surface area contributed by atoms with Gasteiger partial charge in [0, 0.05) is 15.9 Å². The first-order valence-corrected chi connectivity index (χ1v) is 5.66. The molecule has 1 unspecified atom stereocenters. The summed E-state index contributed by atoms with van der Waals surface area (Å²) >= 11 is 9.46. The van der Waals surface area contributed by atoms with E-state index < -0.39 is 0 Å². The van der Waals surface area contributed by atoms with Crippen molar-refractivity contribution in [2.75, 3.05) is 0 Å². The zero-order chi connectivity index (χ0) is 11.3. The predicted molar refractivity (Wildman–Crippen MR) is 67.3 cm³/mol. The second kappa shape index (κ2) is 6.14. The number of halogens is 2. The quantitative estimate of drug-likeness (QED) is 0.509. The molecule has 3 N–H and O–H groups in total. The van der Waals surface area contributed by atoms with Crippen molar-refractivity contribution >= 4 is 27.5 Å². The summed E-state index contributed by atoms with van der Waals surface area (Å²) in [7, 11) is 0. The van der Waals surface area contributed by atoms with Crippen LogP contribution in [0.15, 0.2) is 22.7 Å². The van der Waals surface area contributed by atoms with Crippen molar-refractivity contribution in [1.29, 1.82) is 0 Å². The first-order valence-electron chi connectivity index (χ1n) is 4.49. The van der Waals surface area contributed by atoms with Gasteiger partial charge in [-0.3, -0.25) is 11.3 Å². The Kier molecular flexibility index (Phi) is 5.13. The van der Waals surface area contributed by atoms with Gasteiger partial charge in [-0.1, -0.05) is 33.6 Å². The summed E-state index contributed by atoms with van der Waals surface area (Å²) in [6.07, 6.45) is 0.647. The molecule has 0 saturated carbocycles. The van der Waals surface area contributed by atoms with Gasteiger partial charge in [0.25, 0.3) is 0 Å². The van der Waals surface area contributed by atoms with Crippen LogP contribution < -0.4 is 11.3 Å². The molecule has 15 heavy (non-hydrogen) atoms. The molecular weight excluding hydrogens is 275 g/mol. The number of hydrogen-bond acceptors (Lipinski definition) is 2. The van der Waals surface area contributed by atoms with Gasteiger partial charge in [-0.15, -0.1) is 11.8 Å². The summed E-state index contributed by atoms with van der Waals surface area (Å²) < 4.78 is 0.952. The molecule has 1 aromatic rings. The van der Waals surface area contributed by atoms with Crippen LogP contribution in [0.1, 0.15) is 24.9 Å². The third kappa shape index (κ3) is 3.51. The van der Waals surface area contributed by atoms with Crippen LogP contribution in [0.25, 0.3) is 0 Å². The van der Waals surface area contributed by atoms with Crippen molar-refractivity contribution in [3.05, 3.63) is 33.3 Å². The van der Waals surface area contributed by atoms with Gasteiger partial charge < -0.3 is 0 Å². The molecule has 0 bridgehead atoms. The second-order valence-corrected chi connectivity index (χ2v) is 4.34. The van der Waals surface area contributed by atoms with Gasteiger partial charge in [0.1, 0.15) is 0 Å². The molecule has 0 aliphatic carbocycles. The molecule has 1 aromatic carbocycles. The smallest absolute Gasteiger partial charge is 0.0583 e. The third-order valence-corrected chi connectivity index (χ3v) is 2.84. The SMILES string of the molecule is CC#CCC(NN)c1ccc(Br)cc1Cl. The maximum absolute atomic E-state index is 6.11. The Hall–Kier alpha value is -0.530. The Morgan fingerprint density at radius 3 is 2.87 bits per heavy atom. The monoisotopic (exact) mass is 286 g/mol. The van der Waals surface area contributed by atoms with Crippen LogP contribution in [-0.4, -0.2) is 0 Å². The van der Waals surface area contributed by atoms with Crippen LogP contribution in [0.2, 0.25) is 5.02 Å². The van der Waals surface area contributed by atoms with Crippen molar-refractivity contribution in [2.45, 2.75) is 19.4 Å². The lowest BCUT2D eigenvalue weighted by Gasteiger charge is -2.15. The van der Waals surface area contributed by atoms with Crippen LogP contribution in [-0.2, 0) is 0 Å². The number of rotatable bonds is 3. The molecule has 80 valence electrons. The molecule has 4 heteroatoms. The van der Waals surface area contributed by atoms with Crippen LogP contribution in [0, 0.1) is 11.8 Å². The van der Waals surface area contributed by atoms with Gasteiger partial charge >= 0.3 is 0 Å². The minimum atomic E-state index is -0.0296. The zero-order valence-corrected chi connectivity index (χ0v) is 10.7. The Morgan fingerprint density at radius 2 is 2.33 bits per heavy atom. The third-order valence-electron chi connectivity index (χ3n) is 2.02. The average molecular weight is 288 g/mol. The molecular formula is C11H12BrClN2. The summed E-state index contributed by atoms with van der Waals surface area (Å²) in [5.74, 6) is 11.3. The van der Waals surface area contributed by atoms with Gasteiger partial charge in [-0.05, 0) is 24.6 Å². The van der Waals surface area contributed by atoms with Gasteiger partial charge in [0.15, 0.2) is 0 Å². The average Bonchev–Trinajstić information content (AvgIpc) is 2.21. The molecule has 2 nitrogen and oxygen atoms in total. The summed E-state index contributed by atoms with van der Waals surface area (Å²) in [4.78, 5) is 0. The number of nitrogens with two attached hydrogens (primary N) is 1. The van der Waals surface area contributed by atoms with E-state index in [1.807, 2.05) is 18.2 Å². The molecule has 0 aliphatic heterocycles. The highest BCUT2D eigenvalue weighted by Crippen LogP contribution is 2.27. The summed E-state index contributed by atoms with van der Waals surface area (Å²) in [5, 5.41) is 0.685. The molecule has 1 atom stereocenters. The molecule has 0 radical (unpaired) electrons. The van der Waals surface area contributed by atoms with Gasteiger partial charge in [0.2, 0.25) is 0 Å². The minimum Gasteiger partial charge on any atom is -0.271 e. The van der Waals surface area contributed by atoms with E-state index in [1.165, 1.54) is 0 Å². The van der Waals surface area contributed by atoms with Crippen molar-refractivity contribution in [3.63, 3.8) is 0 Å². The van der Waals surface area contributed by atoms with E-state index >= 15 is 0 Å². The summed E-state index contributed by atoms with van der Waals surface area (Å²) in [5.41, 5.74) is 3.67. The zero-order valence-electron chi connectivity index (χ0n) is 8.35. The highest BCUT2D eigenvalue weighted by molar-refractivity contribution is 9.10. The first kappa shape index (κ1) is 12.5. The lowest BCUT2D eigenvalue weighted by Crippen LogP contribution is -2.27. The molecule has 0 spiro atoms. The minimum absolute atomic E-state index is 0.0296. The van der Waals surface area contributed by atoms with E-state index in [-0.39, 0.29) is 6.04 Å². The lowest BCUT2D eigenvalue weighted by molar-refractivity contribution is 0.568. The number of nitrogens with one attached hydrogen (secondary N) is 1. The van der Waals surface area contributed by atoms with Crippen LogP contribution >= 0.6 is 27.5 Å². The molecule has 0 aliphatic rings. The Labute approximate surface area is 103 Å². The summed E-state index contributed by atoms with van der Waals surface area (Å²) in [6.45, 7) is 1.80. The molecule has 0 heterocycles. The Balaban J connectivity index is 2.94. The second-order valence-electron chi connectivity index (χ2n) is 3.02. The van der Waals surface area contributed by atoms with Gasteiger partial charge in [0.05, 0.1) is 6.04 Å². The lowest BCUT2D eigenvalue weighted by atomic mass is 10.0. The van der Waals surface area contributed by atoms with Crippen LogP contribution in [0.3, 0.4) is 0 Å². The fourth-order valence-electron chi connectivity index (χ4n) is 1.25. The van der Waals surface area contributed by atoms with E-state index in [0.717, 1.165) is 10.0 Å². The van der Waals surface area contributed by atoms with Gasteiger partial charge in [-0.2, -0.15) is 0 Å². The first-order chi connectivity index (χ1) is 7.19. The molecule has 0 saturated heterocycles. The molecule has 0 amide bonds. The van der Waals surface area contributed by atoms with E-state index in [9.17, 15) is 0 Å². The molecule has 0 fully saturated rings. The Morgan fingerprint density at radius 1 is 1.60 bits per heavy atom. The Bertz CT molecular complexity index is 395. The highest BCUT2D eigenvalue weighted by atomic mass is 79.9. The van der Waals surface area contributed by atoms with Gasteiger partial charge in [-0.25, -0.2) is 0 Å². The van der Waals surface area contributed by atoms with E-state index in [2.05, 4.69) is 33.2 Å². The van der Waals surface area contributed by atoms with Crippen LogP contribution in [0.4, 0.5) is 0 Å². The molecule has 1 rings (SSSR count). The molecule has 0 aromatic heterocycles. The maximum Gasteiger partial charge on any atom is 0.0583 e. The highest BCUT2D eigenvalue weighted by Gasteiger charge is 2.11. The number of hydrazine groups is 1.